The second-order valence-corrected chi connectivity index (χ2v) is 23.4. The molecule has 0 atom stereocenters. The summed E-state index contributed by atoms with van der Waals surface area (Å²) < 4.78 is 5.05. The summed E-state index contributed by atoms with van der Waals surface area (Å²) in [6.45, 7) is 0. The first-order valence-electron chi connectivity index (χ1n) is 25.9. The molecule has 12 aromatic carbocycles. The molecular formula is C72H50N2Si. The molecular weight excluding hydrogens is 921 g/mol. The van der Waals surface area contributed by atoms with Gasteiger partial charge in [-0.2, -0.15) is 0 Å². The maximum atomic E-state index is 2.57. The number of fused-ring (bicyclic) bond motifs is 6. The first-order valence-corrected chi connectivity index (χ1v) is 27.9. The Bertz CT molecular complexity index is 4270. The molecule has 0 N–H and O–H groups in total. The molecule has 0 aliphatic carbocycles. The van der Waals surface area contributed by atoms with Gasteiger partial charge in [0.1, 0.15) is 0 Å². The minimum absolute atomic E-state index is 1.13. The molecule has 0 saturated heterocycles. The van der Waals surface area contributed by atoms with Gasteiger partial charge >= 0.3 is 0 Å². The lowest BCUT2D eigenvalue weighted by Crippen LogP contribution is -2.74. The van der Waals surface area contributed by atoms with Crippen molar-refractivity contribution in [3.05, 3.63) is 303 Å². The van der Waals surface area contributed by atoms with Crippen molar-refractivity contribution in [3.8, 4) is 55.9 Å². The van der Waals surface area contributed by atoms with Gasteiger partial charge in [0, 0.05) is 43.9 Å². The van der Waals surface area contributed by atoms with E-state index in [1.165, 1.54) is 86.7 Å². The highest BCUT2D eigenvalue weighted by Crippen LogP contribution is 2.44. The molecule has 0 amide bonds. The maximum absolute atomic E-state index is 3.13. The third-order valence-corrected chi connectivity index (χ3v) is 20.2. The van der Waals surface area contributed by atoms with Gasteiger partial charge in [-0.05, 0) is 78.9 Å². The summed E-state index contributed by atoms with van der Waals surface area (Å²) in [6.07, 6.45) is 0. The Labute approximate surface area is 438 Å². The van der Waals surface area contributed by atoms with Crippen LogP contribution in [0, 0.1) is 0 Å². The van der Waals surface area contributed by atoms with E-state index >= 15 is 0 Å². The van der Waals surface area contributed by atoms with Gasteiger partial charge in [-0.25, -0.2) is 0 Å². The molecule has 0 aliphatic heterocycles. The van der Waals surface area contributed by atoms with Crippen molar-refractivity contribution in [3.63, 3.8) is 0 Å². The van der Waals surface area contributed by atoms with E-state index in [9.17, 15) is 0 Å². The van der Waals surface area contributed by atoms with Crippen molar-refractivity contribution in [1.29, 1.82) is 0 Å². The number of hydrogen-bond donors (Lipinski definition) is 0. The predicted octanol–water partition coefficient (Wildman–Crippen LogP) is 15.9. The smallest absolute Gasteiger partial charge is 0.179 e. The third-order valence-electron chi connectivity index (χ3n) is 15.4. The molecule has 0 aliphatic rings. The average molecular weight is 971 g/mol. The van der Waals surface area contributed by atoms with E-state index in [0.29, 0.717) is 0 Å². The molecule has 0 fully saturated rings. The van der Waals surface area contributed by atoms with Crippen LogP contribution in [-0.2, 0) is 0 Å². The van der Waals surface area contributed by atoms with Crippen molar-refractivity contribution in [2.45, 2.75) is 0 Å². The Morgan fingerprint density at radius 2 is 0.640 bits per heavy atom. The number of hydrogen-bond acceptors (Lipinski definition) is 0. The molecule has 0 unspecified atom stereocenters. The molecule has 14 rings (SSSR count). The van der Waals surface area contributed by atoms with E-state index < -0.39 is 8.07 Å². The number of nitrogens with zero attached hydrogens (tertiary/aromatic N) is 2. The van der Waals surface area contributed by atoms with Crippen molar-refractivity contribution >= 4 is 72.4 Å². The Hall–Kier alpha value is -9.54. The van der Waals surface area contributed by atoms with Crippen molar-refractivity contribution in [2.75, 3.05) is 0 Å². The Morgan fingerprint density at radius 3 is 1.21 bits per heavy atom. The summed E-state index contributed by atoms with van der Waals surface area (Å²) in [5.41, 5.74) is 16.5. The molecule has 352 valence electrons. The molecule has 2 heterocycles. The van der Waals surface area contributed by atoms with Crippen LogP contribution in [-0.4, -0.2) is 17.2 Å². The topological polar surface area (TPSA) is 9.86 Å². The largest absolute Gasteiger partial charge is 0.309 e. The lowest BCUT2D eigenvalue weighted by molar-refractivity contribution is 1.17. The minimum atomic E-state index is -3.13. The van der Waals surface area contributed by atoms with Crippen LogP contribution in [0.4, 0.5) is 0 Å². The molecule has 14 aromatic rings. The zero-order chi connectivity index (χ0) is 49.7. The highest BCUT2D eigenvalue weighted by Gasteiger charge is 2.43. The summed E-state index contributed by atoms with van der Waals surface area (Å²) in [6, 6.07) is 113. The molecule has 0 bridgehead atoms. The van der Waals surface area contributed by atoms with E-state index in [4.69, 9.17) is 0 Å². The first-order chi connectivity index (χ1) is 37.2. The SMILES string of the molecule is c1ccc(-c2cccc([Si](c3ccccc3)(c3ccccc3)c3cc(-c4ccccc4)c(-n4c5ccccc5c5cc(-n6c7ccccc7c7cccc(-c8ccccc8)c76)ccc54)c(-c4ccccc4)c3)c2)cc1. The second-order valence-electron chi connectivity index (χ2n) is 19.6. The zero-order valence-electron chi connectivity index (χ0n) is 41.3. The second kappa shape index (κ2) is 18.5. The molecule has 75 heavy (non-hydrogen) atoms. The van der Waals surface area contributed by atoms with Crippen LogP contribution in [0.15, 0.2) is 303 Å². The highest BCUT2D eigenvalue weighted by molar-refractivity contribution is 7.20. The molecule has 2 aromatic heterocycles. The number of aromatic nitrogens is 2. The van der Waals surface area contributed by atoms with Crippen LogP contribution in [0.1, 0.15) is 0 Å². The molecule has 0 radical (unpaired) electrons. The van der Waals surface area contributed by atoms with Gasteiger partial charge in [-0.15, -0.1) is 0 Å². The normalized spacial score (nSPS) is 11.7. The van der Waals surface area contributed by atoms with E-state index in [1.54, 1.807) is 0 Å². The molecule has 3 heteroatoms. The maximum Gasteiger partial charge on any atom is 0.179 e. The van der Waals surface area contributed by atoms with E-state index in [1.807, 2.05) is 0 Å². The van der Waals surface area contributed by atoms with Gasteiger partial charge in [0.15, 0.2) is 8.07 Å². The van der Waals surface area contributed by atoms with Crippen LogP contribution in [0.3, 0.4) is 0 Å². The van der Waals surface area contributed by atoms with Crippen molar-refractivity contribution in [2.24, 2.45) is 0 Å². The summed E-state index contributed by atoms with van der Waals surface area (Å²) in [7, 11) is -3.13. The Morgan fingerprint density at radius 1 is 0.227 bits per heavy atom. The van der Waals surface area contributed by atoms with Crippen LogP contribution >= 0.6 is 0 Å². The standard InChI is InChI=1S/C72H50N2Si/c1-7-25-51(26-8-1)55-33-23-38-59(47-55)75(57-34-15-5-16-35-57,58-36-17-6-18-37-58)60-49-65(53-29-11-3-12-30-53)72(66(50-60)54-31-13-4-14-32-54)74-69-44-22-20-40-63(69)67-48-56(45-46-70(67)74)73-68-43-21-19-39-62(68)64-42-24-41-61(71(64)73)52-27-9-2-10-28-52/h1-50H. The fraction of sp³-hybridized carbons (Fsp3) is 0. The van der Waals surface area contributed by atoms with Crippen LogP contribution in [0.25, 0.3) is 99.5 Å². The average Bonchev–Trinajstić information content (AvgIpc) is 4.06. The van der Waals surface area contributed by atoms with E-state index in [2.05, 4.69) is 312 Å². The summed E-state index contributed by atoms with van der Waals surface area (Å²) in [5, 5.41) is 10.2. The zero-order valence-corrected chi connectivity index (χ0v) is 42.3. The predicted molar refractivity (Wildman–Crippen MR) is 320 cm³/mol. The fourth-order valence-corrected chi connectivity index (χ4v) is 17.0. The van der Waals surface area contributed by atoms with Gasteiger partial charge < -0.3 is 9.13 Å². The third kappa shape index (κ3) is 7.31. The number of benzene rings is 12. The number of para-hydroxylation sites is 3. The van der Waals surface area contributed by atoms with Gasteiger partial charge in [0.25, 0.3) is 0 Å². The van der Waals surface area contributed by atoms with Crippen LogP contribution in [0.5, 0.6) is 0 Å². The van der Waals surface area contributed by atoms with Gasteiger partial charge in [0.05, 0.1) is 27.8 Å². The van der Waals surface area contributed by atoms with Gasteiger partial charge in [-0.3, -0.25) is 0 Å². The van der Waals surface area contributed by atoms with E-state index in [0.717, 1.165) is 33.5 Å². The Balaban J connectivity index is 1.10. The summed E-state index contributed by atoms with van der Waals surface area (Å²) >= 11 is 0. The monoisotopic (exact) mass is 970 g/mol. The lowest BCUT2D eigenvalue weighted by Gasteiger charge is -2.36. The lowest BCUT2D eigenvalue weighted by atomic mass is 9.95. The number of rotatable bonds is 10. The summed E-state index contributed by atoms with van der Waals surface area (Å²) in [5.74, 6) is 0. The Kier molecular flexibility index (Phi) is 10.9. The fourth-order valence-electron chi connectivity index (χ4n) is 12.2. The van der Waals surface area contributed by atoms with Crippen LogP contribution < -0.4 is 20.7 Å². The first kappa shape index (κ1) is 44.2. The highest BCUT2D eigenvalue weighted by atomic mass is 28.3. The van der Waals surface area contributed by atoms with Crippen molar-refractivity contribution in [1.82, 2.24) is 9.13 Å². The minimum Gasteiger partial charge on any atom is -0.309 e. The van der Waals surface area contributed by atoms with Gasteiger partial charge in [-0.1, -0.05) is 273 Å². The van der Waals surface area contributed by atoms with Crippen LogP contribution in [0.2, 0.25) is 0 Å². The molecule has 2 nitrogen and oxygen atoms in total. The van der Waals surface area contributed by atoms with Gasteiger partial charge in [0.2, 0.25) is 0 Å². The van der Waals surface area contributed by atoms with Crippen molar-refractivity contribution < 1.29 is 0 Å². The molecule has 0 spiro atoms. The van der Waals surface area contributed by atoms with E-state index in [-0.39, 0.29) is 0 Å². The molecule has 0 saturated carbocycles. The quantitative estimate of drug-likeness (QED) is 0.0955. The summed E-state index contributed by atoms with van der Waals surface area (Å²) in [4.78, 5) is 0.